The van der Waals surface area contributed by atoms with E-state index in [0.29, 0.717) is 17.1 Å². The lowest BCUT2D eigenvalue weighted by Gasteiger charge is -2.10. The molecule has 3 amide bonds. The number of para-hydroxylation sites is 1. The molecular weight excluding hydrogens is 306 g/mol. The maximum atomic E-state index is 12.1. The van der Waals surface area contributed by atoms with E-state index in [2.05, 4.69) is 16.0 Å². The molecule has 2 rings (SSSR count). The summed E-state index contributed by atoms with van der Waals surface area (Å²) >= 11 is 0. The molecule has 0 aliphatic heterocycles. The fraction of sp³-hybridized carbons (Fsp3) is 0.167. The summed E-state index contributed by atoms with van der Waals surface area (Å²) < 4.78 is 0. The molecule has 0 aliphatic carbocycles. The first-order valence-corrected chi connectivity index (χ1v) is 7.57. The molecule has 0 radical (unpaired) electrons. The Kier molecular flexibility index (Phi) is 5.68. The lowest BCUT2D eigenvalue weighted by Crippen LogP contribution is -2.29. The molecule has 0 fully saturated rings. The normalized spacial score (nSPS) is 9.92. The Labute approximate surface area is 140 Å². The summed E-state index contributed by atoms with van der Waals surface area (Å²) in [4.78, 5) is 35.2. The maximum absolute atomic E-state index is 12.1. The molecule has 0 atom stereocenters. The first-order chi connectivity index (χ1) is 11.5. The van der Waals surface area contributed by atoms with Gasteiger partial charge in [-0.2, -0.15) is 0 Å². The lowest BCUT2D eigenvalue weighted by atomic mass is 10.1. The molecule has 0 saturated carbocycles. The van der Waals surface area contributed by atoms with Crippen molar-refractivity contribution >= 4 is 34.8 Å². The van der Waals surface area contributed by atoms with Crippen molar-refractivity contribution in [1.29, 1.82) is 0 Å². The number of carbonyl (C=O) groups is 3. The Hall–Kier alpha value is -3.15. The van der Waals surface area contributed by atoms with Gasteiger partial charge in [0.25, 0.3) is 0 Å². The minimum Gasteiger partial charge on any atom is -0.326 e. The van der Waals surface area contributed by atoms with Crippen LogP contribution in [-0.2, 0) is 20.8 Å². The number of nitrogens with one attached hydrogen (secondary N) is 3. The molecule has 2 aromatic carbocycles. The van der Waals surface area contributed by atoms with E-state index in [0.717, 1.165) is 12.0 Å². The highest BCUT2D eigenvalue weighted by Gasteiger charge is 2.15. The minimum absolute atomic E-state index is 0.215. The third kappa shape index (κ3) is 4.67. The van der Waals surface area contributed by atoms with E-state index in [1.165, 1.54) is 6.92 Å². The number of hydrogen-bond donors (Lipinski definition) is 3. The van der Waals surface area contributed by atoms with Crippen molar-refractivity contribution in [3.05, 3.63) is 54.1 Å². The van der Waals surface area contributed by atoms with Gasteiger partial charge in [-0.1, -0.05) is 31.2 Å². The van der Waals surface area contributed by atoms with Gasteiger partial charge >= 0.3 is 11.8 Å². The zero-order valence-electron chi connectivity index (χ0n) is 13.6. The summed E-state index contributed by atoms with van der Waals surface area (Å²) in [6.07, 6.45) is 0.747. The van der Waals surface area contributed by atoms with Crippen molar-refractivity contribution in [2.45, 2.75) is 20.3 Å². The van der Waals surface area contributed by atoms with Crippen molar-refractivity contribution in [2.24, 2.45) is 0 Å². The molecule has 0 bridgehead atoms. The summed E-state index contributed by atoms with van der Waals surface area (Å²) in [5.41, 5.74) is 2.53. The average Bonchev–Trinajstić information content (AvgIpc) is 2.55. The molecule has 0 saturated heterocycles. The Bertz CT molecular complexity index is 772. The molecular formula is C18H19N3O3. The Morgan fingerprint density at radius 1 is 0.833 bits per heavy atom. The van der Waals surface area contributed by atoms with Crippen molar-refractivity contribution in [2.75, 3.05) is 16.0 Å². The van der Waals surface area contributed by atoms with Gasteiger partial charge < -0.3 is 16.0 Å². The smallest absolute Gasteiger partial charge is 0.314 e. The van der Waals surface area contributed by atoms with Gasteiger partial charge in [-0.25, -0.2) is 0 Å². The van der Waals surface area contributed by atoms with E-state index in [1.807, 2.05) is 19.1 Å². The van der Waals surface area contributed by atoms with Crippen molar-refractivity contribution in [3.63, 3.8) is 0 Å². The molecule has 6 heteroatoms. The van der Waals surface area contributed by atoms with Crippen LogP contribution in [0, 0.1) is 0 Å². The van der Waals surface area contributed by atoms with E-state index in [1.54, 1.807) is 36.4 Å². The van der Waals surface area contributed by atoms with E-state index >= 15 is 0 Å². The Morgan fingerprint density at radius 2 is 1.46 bits per heavy atom. The van der Waals surface area contributed by atoms with Crippen LogP contribution in [-0.4, -0.2) is 17.7 Å². The second kappa shape index (κ2) is 7.92. The van der Waals surface area contributed by atoms with Crippen LogP contribution in [0.4, 0.5) is 17.1 Å². The second-order valence-corrected chi connectivity index (χ2v) is 5.18. The summed E-state index contributed by atoms with van der Waals surface area (Å²) in [5.74, 6) is -1.74. The molecule has 2 aromatic rings. The van der Waals surface area contributed by atoms with Crippen LogP contribution < -0.4 is 16.0 Å². The van der Waals surface area contributed by atoms with Crippen LogP contribution in [0.1, 0.15) is 19.4 Å². The number of anilines is 3. The Morgan fingerprint density at radius 3 is 2.12 bits per heavy atom. The average molecular weight is 325 g/mol. The zero-order valence-corrected chi connectivity index (χ0v) is 13.6. The Balaban J connectivity index is 2.04. The predicted molar refractivity (Wildman–Crippen MR) is 93.8 cm³/mol. The third-order valence-corrected chi connectivity index (χ3v) is 3.29. The molecule has 124 valence electrons. The summed E-state index contributed by atoms with van der Waals surface area (Å²) in [7, 11) is 0. The van der Waals surface area contributed by atoms with Gasteiger partial charge in [0, 0.05) is 24.0 Å². The largest absolute Gasteiger partial charge is 0.326 e. The summed E-state index contributed by atoms with van der Waals surface area (Å²) in [6, 6.07) is 13.9. The highest BCUT2D eigenvalue weighted by Crippen LogP contribution is 2.17. The monoisotopic (exact) mass is 325 g/mol. The fourth-order valence-electron chi connectivity index (χ4n) is 2.20. The fourth-order valence-corrected chi connectivity index (χ4v) is 2.20. The summed E-state index contributed by atoms with van der Waals surface area (Å²) in [6.45, 7) is 3.36. The molecule has 24 heavy (non-hydrogen) atoms. The number of amides is 3. The van der Waals surface area contributed by atoms with Gasteiger partial charge in [0.05, 0.1) is 0 Å². The molecule has 0 heterocycles. The lowest BCUT2D eigenvalue weighted by molar-refractivity contribution is -0.133. The van der Waals surface area contributed by atoms with E-state index in [-0.39, 0.29) is 5.91 Å². The van der Waals surface area contributed by atoms with Gasteiger partial charge in [-0.15, -0.1) is 0 Å². The molecule has 0 aliphatic rings. The highest BCUT2D eigenvalue weighted by atomic mass is 16.2. The first kappa shape index (κ1) is 17.2. The predicted octanol–water partition coefficient (Wildman–Crippen LogP) is 2.78. The number of carbonyl (C=O) groups excluding carboxylic acids is 3. The molecule has 6 nitrogen and oxygen atoms in total. The van der Waals surface area contributed by atoms with E-state index < -0.39 is 11.8 Å². The van der Waals surface area contributed by atoms with Gasteiger partial charge in [0.15, 0.2) is 0 Å². The number of benzene rings is 2. The number of rotatable bonds is 4. The topological polar surface area (TPSA) is 87.3 Å². The van der Waals surface area contributed by atoms with E-state index in [9.17, 15) is 14.4 Å². The summed E-state index contributed by atoms with van der Waals surface area (Å²) in [5, 5.41) is 7.73. The molecule has 0 spiro atoms. The molecule has 3 N–H and O–H groups in total. The van der Waals surface area contributed by atoms with E-state index in [4.69, 9.17) is 0 Å². The molecule has 0 unspecified atom stereocenters. The van der Waals surface area contributed by atoms with Crippen molar-refractivity contribution in [1.82, 2.24) is 0 Å². The van der Waals surface area contributed by atoms with Gasteiger partial charge in [0.2, 0.25) is 5.91 Å². The number of hydrogen-bond acceptors (Lipinski definition) is 3. The van der Waals surface area contributed by atoms with Crippen LogP contribution in [0.3, 0.4) is 0 Å². The van der Waals surface area contributed by atoms with Crippen LogP contribution in [0.2, 0.25) is 0 Å². The maximum Gasteiger partial charge on any atom is 0.314 e. The minimum atomic E-state index is -0.777. The molecule has 0 aromatic heterocycles. The third-order valence-electron chi connectivity index (χ3n) is 3.29. The quantitative estimate of drug-likeness (QED) is 0.755. The van der Waals surface area contributed by atoms with Crippen molar-refractivity contribution < 1.29 is 14.4 Å². The van der Waals surface area contributed by atoms with Gasteiger partial charge in [-0.05, 0) is 36.2 Å². The number of aryl methyl sites for hydroxylation is 1. The van der Waals surface area contributed by atoms with Crippen LogP contribution in [0.15, 0.2) is 48.5 Å². The van der Waals surface area contributed by atoms with Gasteiger partial charge in [0.1, 0.15) is 0 Å². The highest BCUT2D eigenvalue weighted by molar-refractivity contribution is 6.43. The second-order valence-electron chi connectivity index (χ2n) is 5.18. The first-order valence-electron chi connectivity index (χ1n) is 7.57. The van der Waals surface area contributed by atoms with Crippen molar-refractivity contribution in [3.8, 4) is 0 Å². The van der Waals surface area contributed by atoms with Crippen LogP contribution >= 0.6 is 0 Å². The SMILES string of the molecule is CCc1ccccc1NC(=O)C(=O)Nc1cccc(NC(C)=O)c1. The zero-order chi connectivity index (χ0) is 17.5. The van der Waals surface area contributed by atoms with Gasteiger partial charge in [-0.3, -0.25) is 14.4 Å². The van der Waals surface area contributed by atoms with Crippen LogP contribution in [0.5, 0.6) is 0 Å². The van der Waals surface area contributed by atoms with Crippen LogP contribution in [0.25, 0.3) is 0 Å². The standard InChI is InChI=1S/C18H19N3O3/c1-3-13-7-4-5-10-16(13)21-18(24)17(23)20-15-9-6-8-14(11-15)19-12(2)22/h4-11H,3H2,1-2H3,(H,19,22)(H,20,23)(H,21,24).